The van der Waals surface area contributed by atoms with Crippen LogP contribution in [0.2, 0.25) is 0 Å². The lowest BCUT2D eigenvalue weighted by Crippen LogP contribution is -1.98. The van der Waals surface area contributed by atoms with E-state index in [1.807, 2.05) is 24.3 Å². The van der Waals surface area contributed by atoms with Gasteiger partial charge in [-0.2, -0.15) is 0 Å². The highest BCUT2D eigenvalue weighted by Gasteiger charge is 2.16. The molecular weight excluding hydrogens is 335 g/mol. The van der Waals surface area contributed by atoms with Gasteiger partial charge in [-0.3, -0.25) is 0 Å². The van der Waals surface area contributed by atoms with Gasteiger partial charge < -0.3 is 9.47 Å². The van der Waals surface area contributed by atoms with E-state index in [1.54, 1.807) is 13.0 Å². The van der Waals surface area contributed by atoms with E-state index in [1.165, 1.54) is 6.07 Å². The second kappa shape index (κ2) is 6.06. The zero-order valence-corrected chi connectivity index (χ0v) is 13.3. The van der Waals surface area contributed by atoms with Crippen molar-refractivity contribution in [2.24, 2.45) is 0 Å². The summed E-state index contributed by atoms with van der Waals surface area (Å²) in [6.07, 6.45) is 0.888. The molecule has 1 heterocycles. The molecule has 2 aromatic carbocycles. The first-order chi connectivity index (χ1) is 10.1. The Kier molecular flexibility index (Phi) is 4.15. The monoisotopic (exact) mass is 350 g/mol. The SMILES string of the molecule is Cc1cc(C(Br)c2ccc3c(c2)OCCCO3)ccc1F. The largest absolute Gasteiger partial charge is 0.490 e. The maximum absolute atomic E-state index is 13.4. The molecule has 4 heteroatoms. The third-order valence-corrected chi connectivity index (χ3v) is 4.60. The minimum absolute atomic E-state index is 0.00560. The second-order valence-corrected chi connectivity index (χ2v) is 6.04. The Labute approximate surface area is 132 Å². The third-order valence-electron chi connectivity index (χ3n) is 3.54. The summed E-state index contributed by atoms with van der Waals surface area (Å²) in [6, 6.07) is 11.1. The Bertz CT molecular complexity index is 657. The van der Waals surface area contributed by atoms with Gasteiger partial charge in [0.05, 0.1) is 18.0 Å². The van der Waals surface area contributed by atoms with E-state index in [4.69, 9.17) is 9.47 Å². The number of benzene rings is 2. The van der Waals surface area contributed by atoms with Crippen LogP contribution in [0.25, 0.3) is 0 Å². The maximum atomic E-state index is 13.4. The third kappa shape index (κ3) is 3.05. The van der Waals surface area contributed by atoms with Crippen molar-refractivity contribution >= 4 is 15.9 Å². The van der Waals surface area contributed by atoms with Crippen LogP contribution in [0.4, 0.5) is 4.39 Å². The van der Waals surface area contributed by atoms with Crippen LogP contribution in [0.15, 0.2) is 36.4 Å². The van der Waals surface area contributed by atoms with Crippen molar-refractivity contribution in [2.45, 2.75) is 18.2 Å². The Morgan fingerprint density at radius 2 is 1.67 bits per heavy atom. The number of ether oxygens (including phenoxy) is 2. The summed E-state index contributed by atoms with van der Waals surface area (Å²) in [6.45, 7) is 3.12. The Hall–Kier alpha value is -1.55. The smallest absolute Gasteiger partial charge is 0.161 e. The molecule has 1 atom stereocenters. The molecule has 1 unspecified atom stereocenters. The highest BCUT2D eigenvalue weighted by atomic mass is 79.9. The summed E-state index contributed by atoms with van der Waals surface area (Å²) < 4.78 is 24.7. The fourth-order valence-electron chi connectivity index (χ4n) is 2.36. The molecule has 110 valence electrons. The lowest BCUT2D eigenvalue weighted by molar-refractivity contribution is 0.297. The molecule has 2 nitrogen and oxygen atoms in total. The number of aryl methyl sites for hydroxylation is 1. The lowest BCUT2D eigenvalue weighted by Gasteiger charge is -2.14. The van der Waals surface area contributed by atoms with Crippen LogP contribution in [0.5, 0.6) is 11.5 Å². The van der Waals surface area contributed by atoms with Crippen molar-refractivity contribution in [2.75, 3.05) is 13.2 Å². The molecule has 2 aromatic rings. The van der Waals surface area contributed by atoms with E-state index >= 15 is 0 Å². The van der Waals surface area contributed by atoms with Crippen LogP contribution in [0.1, 0.15) is 27.9 Å². The zero-order chi connectivity index (χ0) is 14.8. The Morgan fingerprint density at radius 1 is 1.00 bits per heavy atom. The first-order valence-electron chi connectivity index (χ1n) is 6.95. The number of rotatable bonds is 2. The molecule has 1 aliphatic rings. The first-order valence-corrected chi connectivity index (χ1v) is 7.86. The van der Waals surface area contributed by atoms with Gasteiger partial charge in [-0.1, -0.05) is 34.1 Å². The summed E-state index contributed by atoms with van der Waals surface area (Å²) in [7, 11) is 0. The topological polar surface area (TPSA) is 18.5 Å². The van der Waals surface area contributed by atoms with Crippen LogP contribution in [0, 0.1) is 12.7 Å². The van der Waals surface area contributed by atoms with E-state index in [2.05, 4.69) is 15.9 Å². The van der Waals surface area contributed by atoms with Gasteiger partial charge in [-0.05, 0) is 41.8 Å². The molecule has 0 N–H and O–H groups in total. The van der Waals surface area contributed by atoms with E-state index in [-0.39, 0.29) is 10.6 Å². The molecule has 0 aromatic heterocycles. The van der Waals surface area contributed by atoms with Gasteiger partial charge in [0.25, 0.3) is 0 Å². The molecule has 21 heavy (non-hydrogen) atoms. The zero-order valence-electron chi connectivity index (χ0n) is 11.7. The van der Waals surface area contributed by atoms with Crippen molar-refractivity contribution in [1.29, 1.82) is 0 Å². The number of hydrogen-bond acceptors (Lipinski definition) is 2. The lowest BCUT2D eigenvalue weighted by atomic mass is 10.0. The van der Waals surface area contributed by atoms with Crippen LogP contribution >= 0.6 is 15.9 Å². The van der Waals surface area contributed by atoms with Crippen LogP contribution in [0.3, 0.4) is 0 Å². The quantitative estimate of drug-likeness (QED) is 0.725. The molecule has 0 saturated carbocycles. The maximum Gasteiger partial charge on any atom is 0.161 e. The van der Waals surface area contributed by atoms with Crippen molar-refractivity contribution < 1.29 is 13.9 Å². The number of halogens is 2. The molecule has 0 bridgehead atoms. The first kappa shape index (κ1) is 14.4. The van der Waals surface area contributed by atoms with Crippen molar-refractivity contribution in [3.05, 3.63) is 58.9 Å². The summed E-state index contributed by atoms with van der Waals surface area (Å²) >= 11 is 3.68. The van der Waals surface area contributed by atoms with E-state index in [0.717, 1.165) is 29.0 Å². The average molecular weight is 351 g/mol. The predicted octanol–water partition coefficient (Wildman–Crippen LogP) is 4.78. The molecule has 0 amide bonds. The standard InChI is InChI=1S/C17H16BrFO2/c1-11-9-12(3-5-14(11)19)17(18)13-4-6-15-16(10-13)21-8-2-7-20-15/h3-6,9-10,17H,2,7-8H2,1H3. The predicted molar refractivity (Wildman–Crippen MR) is 84.0 cm³/mol. The van der Waals surface area contributed by atoms with Crippen LogP contribution < -0.4 is 9.47 Å². The van der Waals surface area contributed by atoms with Crippen LogP contribution in [-0.4, -0.2) is 13.2 Å². The fraction of sp³-hybridized carbons (Fsp3) is 0.294. The molecular formula is C17H16BrFO2. The molecule has 1 aliphatic heterocycles. The molecule has 0 aliphatic carbocycles. The number of hydrogen-bond donors (Lipinski definition) is 0. The summed E-state index contributed by atoms with van der Waals surface area (Å²) in [4.78, 5) is -0.00560. The van der Waals surface area contributed by atoms with E-state index in [0.29, 0.717) is 18.8 Å². The second-order valence-electron chi connectivity index (χ2n) is 5.13. The van der Waals surface area contributed by atoms with Gasteiger partial charge in [0.15, 0.2) is 11.5 Å². The summed E-state index contributed by atoms with van der Waals surface area (Å²) in [5.41, 5.74) is 2.72. The molecule has 3 rings (SSSR count). The Morgan fingerprint density at radius 3 is 2.43 bits per heavy atom. The Balaban J connectivity index is 1.92. The fourth-order valence-corrected chi connectivity index (χ4v) is 2.93. The van der Waals surface area contributed by atoms with Crippen molar-refractivity contribution in [3.8, 4) is 11.5 Å². The van der Waals surface area contributed by atoms with E-state index < -0.39 is 0 Å². The van der Waals surface area contributed by atoms with Gasteiger partial charge in [-0.25, -0.2) is 4.39 Å². The molecule has 0 radical (unpaired) electrons. The molecule has 0 fully saturated rings. The van der Waals surface area contributed by atoms with Gasteiger partial charge in [0.2, 0.25) is 0 Å². The van der Waals surface area contributed by atoms with Gasteiger partial charge in [-0.15, -0.1) is 0 Å². The molecule has 0 saturated heterocycles. The highest BCUT2D eigenvalue weighted by Crippen LogP contribution is 2.37. The number of alkyl halides is 1. The minimum atomic E-state index is -0.183. The van der Waals surface area contributed by atoms with Crippen molar-refractivity contribution in [1.82, 2.24) is 0 Å². The van der Waals surface area contributed by atoms with E-state index in [9.17, 15) is 4.39 Å². The van der Waals surface area contributed by atoms with Crippen LogP contribution in [-0.2, 0) is 0 Å². The normalized spacial score (nSPS) is 15.4. The number of fused-ring (bicyclic) bond motifs is 1. The van der Waals surface area contributed by atoms with Crippen molar-refractivity contribution in [3.63, 3.8) is 0 Å². The molecule has 0 spiro atoms. The van der Waals surface area contributed by atoms with Gasteiger partial charge in [0.1, 0.15) is 5.82 Å². The minimum Gasteiger partial charge on any atom is -0.490 e. The van der Waals surface area contributed by atoms with Gasteiger partial charge in [0, 0.05) is 6.42 Å². The van der Waals surface area contributed by atoms with Gasteiger partial charge >= 0.3 is 0 Å². The average Bonchev–Trinajstić information content (AvgIpc) is 2.73. The highest BCUT2D eigenvalue weighted by molar-refractivity contribution is 9.09. The summed E-state index contributed by atoms with van der Waals surface area (Å²) in [5, 5.41) is 0. The summed E-state index contributed by atoms with van der Waals surface area (Å²) in [5.74, 6) is 1.37.